The van der Waals surface area contributed by atoms with Gasteiger partial charge in [0, 0.05) is 0 Å². The van der Waals surface area contributed by atoms with E-state index in [2.05, 4.69) is 36.4 Å². The summed E-state index contributed by atoms with van der Waals surface area (Å²) in [6.07, 6.45) is 0. The molecule has 0 saturated carbocycles. The van der Waals surface area contributed by atoms with Gasteiger partial charge < -0.3 is 10.2 Å². The van der Waals surface area contributed by atoms with Gasteiger partial charge in [0.25, 0.3) is 0 Å². The van der Waals surface area contributed by atoms with Gasteiger partial charge in [-0.05, 0) is 82.3 Å². The molecule has 0 bridgehead atoms. The third-order valence-electron chi connectivity index (χ3n) is 4.94. The Morgan fingerprint density at radius 2 is 0.962 bits per heavy atom. The van der Waals surface area contributed by atoms with E-state index in [9.17, 15) is 10.2 Å². The average molecular weight is 340 g/mol. The molecule has 26 heavy (non-hydrogen) atoms. The molecule has 0 aliphatic carbocycles. The molecule has 0 aliphatic heterocycles. The van der Waals surface area contributed by atoms with E-state index in [0.717, 1.165) is 33.4 Å². The van der Waals surface area contributed by atoms with Crippen LogP contribution >= 0.6 is 0 Å². The van der Waals surface area contributed by atoms with E-state index in [1.807, 2.05) is 38.1 Å². The molecule has 4 aromatic carbocycles. The summed E-state index contributed by atoms with van der Waals surface area (Å²) in [7, 11) is 0. The smallest absolute Gasteiger partial charge is 0.118 e. The second-order valence-corrected chi connectivity index (χ2v) is 6.71. The van der Waals surface area contributed by atoms with Crippen LogP contribution in [-0.4, -0.2) is 10.2 Å². The van der Waals surface area contributed by atoms with Gasteiger partial charge in [0.1, 0.15) is 11.5 Å². The second kappa shape index (κ2) is 6.23. The first-order valence-electron chi connectivity index (χ1n) is 8.66. The topological polar surface area (TPSA) is 40.5 Å². The number of aryl methyl sites for hydroxylation is 2. The quantitative estimate of drug-likeness (QED) is 0.456. The lowest BCUT2D eigenvalue weighted by Gasteiger charge is -2.13. The van der Waals surface area contributed by atoms with Gasteiger partial charge in [0.15, 0.2) is 0 Å². The van der Waals surface area contributed by atoms with E-state index in [4.69, 9.17) is 0 Å². The minimum Gasteiger partial charge on any atom is -0.508 e. The van der Waals surface area contributed by atoms with Gasteiger partial charge in [-0.25, -0.2) is 0 Å². The Balaban J connectivity index is 1.95. The first-order chi connectivity index (χ1) is 12.5. The Kier molecular flexibility index (Phi) is 3.89. The first kappa shape index (κ1) is 16.2. The van der Waals surface area contributed by atoms with E-state index in [0.29, 0.717) is 11.5 Å². The number of rotatable bonds is 2. The van der Waals surface area contributed by atoms with Crippen LogP contribution in [0, 0.1) is 13.8 Å². The summed E-state index contributed by atoms with van der Waals surface area (Å²) in [6.45, 7) is 3.82. The normalized spacial score (nSPS) is 11.0. The molecule has 0 spiro atoms. The van der Waals surface area contributed by atoms with Crippen molar-refractivity contribution in [3.05, 3.63) is 83.9 Å². The lowest BCUT2D eigenvalue weighted by Crippen LogP contribution is -1.87. The van der Waals surface area contributed by atoms with Crippen LogP contribution in [0.1, 0.15) is 11.1 Å². The maximum Gasteiger partial charge on any atom is 0.118 e. The molecule has 0 saturated heterocycles. The molecule has 0 unspecified atom stereocenters. The summed E-state index contributed by atoms with van der Waals surface area (Å²) < 4.78 is 0. The van der Waals surface area contributed by atoms with E-state index >= 15 is 0 Å². The second-order valence-electron chi connectivity index (χ2n) is 6.71. The fraction of sp³-hybridized carbons (Fsp3) is 0.0833. The Hall–Kier alpha value is -3.26. The fourth-order valence-electron chi connectivity index (χ4n) is 3.46. The molecule has 0 heterocycles. The fourth-order valence-corrected chi connectivity index (χ4v) is 3.46. The summed E-state index contributed by atoms with van der Waals surface area (Å²) in [6, 6.07) is 24.0. The number of aromatic hydroxyl groups is 2. The van der Waals surface area contributed by atoms with Gasteiger partial charge in [0.05, 0.1) is 0 Å². The Morgan fingerprint density at radius 3 is 1.35 bits per heavy atom. The van der Waals surface area contributed by atoms with Crippen LogP contribution in [-0.2, 0) is 0 Å². The highest BCUT2D eigenvalue weighted by atomic mass is 16.3. The summed E-state index contributed by atoms with van der Waals surface area (Å²) in [4.78, 5) is 0. The van der Waals surface area contributed by atoms with Gasteiger partial charge in [-0.2, -0.15) is 0 Å². The summed E-state index contributed by atoms with van der Waals surface area (Å²) in [5, 5.41) is 22.0. The van der Waals surface area contributed by atoms with Crippen LogP contribution < -0.4 is 0 Å². The van der Waals surface area contributed by atoms with Crippen molar-refractivity contribution in [2.75, 3.05) is 0 Å². The average Bonchev–Trinajstić information content (AvgIpc) is 2.65. The number of benzene rings is 4. The number of hydrogen-bond donors (Lipinski definition) is 2. The van der Waals surface area contributed by atoms with Gasteiger partial charge in [-0.3, -0.25) is 0 Å². The van der Waals surface area contributed by atoms with E-state index in [1.54, 1.807) is 12.1 Å². The van der Waals surface area contributed by atoms with Crippen molar-refractivity contribution in [2.24, 2.45) is 0 Å². The Morgan fingerprint density at radius 1 is 0.538 bits per heavy atom. The monoisotopic (exact) mass is 340 g/mol. The molecule has 4 aromatic rings. The van der Waals surface area contributed by atoms with Crippen LogP contribution in [0.25, 0.3) is 33.0 Å². The largest absolute Gasteiger partial charge is 0.508 e. The van der Waals surface area contributed by atoms with Crippen molar-refractivity contribution in [2.45, 2.75) is 13.8 Å². The number of phenolic OH excluding ortho intramolecular Hbond substituents is 2. The molecule has 2 nitrogen and oxygen atoms in total. The molecule has 4 rings (SSSR count). The van der Waals surface area contributed by atoms with Crippen LogP contribution in [0.4, 0.5) is 0 Å². The predicted molar refractivity (Wildman–Crippen MR) is 108 cm³/mol. The van der Waals surface area contributed by atoms with Crippen molar-refractivity contribution < 1.29 is 10.2 Å². The molecule has 2 N–H and O–H groups in total. The van der Waals surface area contributed by atoms with Crippen molar-refractivity contribution in [1.82, 2.24) is 0 Å². The molecule has 0 aliphatic rings. The maximum absolute atomic E-state index is 9.82. The highest BCUT2D eigenvalue weighted by molar-refractivity contribution is 6.04. The molecular weight excluding hydrogens is 320 g/mol. The molecule has 0 fully saturated rings. The zero-order valence-corrected chi connectivity index (χ0v) is 14.8. The predicted octanol–water partition coefficient (Wildman–Crippen LogP) is 6.20. The number of phenols is 2. The van der Waals surface area contributed by atoms with Crippen molar-refractivity contribution in [1.29, 1.82) is 0 Å². The third kappa shape index (κ3) is 2.70. The lowest BCUT2D eigenvalue weighted by atomic mass is 9.92. The van der Waals surface area contributed by atoms with Crippen molar-refractivity contribution >= 4 is 10.8 Å². The highest BCUT2D eigenvalue weighted by Crippen LogP contribution is 2.36. The van der Waals surface area contributed by atoms with E-state index in [1.165, 1.54) is 10.8 Å². The zero-order chi connectivity index (χ0) is 18.3. The lowest BCUT2D eigenvalue weighted by molar-refractivity contribution is 0.471. The van der Waals surface area contributed by atoms with Crippen LogP contribution in [0.5, 0.6) is 11.5 Å². The number of fused-ring (bicyclic) bond motifs is 1. The van der Waals surface area contributed by atoms with Crippen LogP contribution in [0.2, 0.25) is 0 Å². The van der Waals surface area contributed by atoms with Gasteiger partial charge in [-0.1, -0.05) is 48.5 Å². The van der Waals surface area contributed by atoms with E-state index < -0.39 is 0 Å². The van der Waals surface area contributed by atoms with E-state index in [-0.39, 0.29) is 0 Å². The first-order valence-corrected chi connectivity index (χ1v) is 8.66. The van der Waals surface area contributed by atoms with Crippen LogP contribution in [0.3, 0.4) is 0 Å². The SMILES string of the molecule is Cc1cc(-c2cccc3c(-c4ccc(O)c(C)c4)cccc23)ccc1O. The van der Waals surface area contributed by atoms with Crippen molar-refractivity contribution in [3.63, 3.8) is 0 Å². The van der Waals surface area contributed by atoms with Crippen LogP contribution in [0.15, 0.2) is 72.8 Å². The highest BCUT2D eigenvalue weighted by Gasteiger charge is 2.10. The number of hydrogen-bond acceptors (Lipinski definition) is 2. The molecule has 0 radical (unpaired) electrons. The molecule has 0 atom stereocenters. The van der Waals surface area contributed by atoms with Gasteiger partial charge >= 0.3 is 0 Å². The molecule has 0 aromatic heterocycles. The molecule has 128 valence electrons. The molecule has 2 heteroatoms. The standard InChI is InChI=1S/C24H20O2/c1-15-13-17(9-11-23(15)25)19-5-3-8-22-20(6-4-7-21(19)22)18-10-12-24(26)16(2)14-18/h3-14,25-26H,1-2H3. The minimum atomic E-state index is 0.314. The summed E-state index contributed by atoms with van der Waals surface area (Å²) in [5.41, 5.74) is 6.19. The zero-order valence-electron chi connectivity index (χ0n) is 14.8. The minimum absolute atomic E-state index is 0.314. The Labute approximate surface area is 153 Å². The van der Waals surface area contributed by atoms with Gasteiger partial charge in [-0.15, -0.1) is 0 Å². The van der Waals surface area contributed by atoms with Crippen molar-refractivity contribution in [3.8, 4) is 33.8 Å². The molecule has 0 amide bonds. The molecular formula is C24H20O2. The summed E-state index contributed by atoms with van der Waals surface area (Å²) in [5.74, 6) is 0.628. The maximum atomic E-state index is 9.82. The Bertz CT molecular complexity index is 1040. The van der Waals surface area contributed by atoms with Gasteiger partial charge in [0.2, 0.25) is 0 Å². The summed E-state index contributed by atoms with van der Waals surface area (Å²) >= 11 is 0. The third-order valence-corrected chi connectivity index (χ3v) is 4.94.